The van der Waals surface area contributed by atoms with E-state index in [0.29, 0.717) is 0 Å². The lowest BCUT2D eigenvalue weighted by Crippen LogP contribution is -1.88. The van der Waals surface area contributed by atoms with Gasteiger partial charge in [-0.05, 0) is 85.2 Å². The summed E-state index contributed by atoms with van der Waals surface area (Å²) in [5.74, 6) is 0. The SMILES string of the molecule is Cc1ccc(-c2c3nc(c(-c4ccccc4)c4ccc([nH]4)c(-c4ccc(C)cc4)c4nc(cc5ccc2[nH]5)C=C4)C=C3)cc1. The number of fused-ring (bicyclic) bond motifs is 8. The van der Waals surface area contributed by atoms with Gasteiger partial charge in [0.05, 0.1) is 22.8 Å². The smallest absolute Gasteiger partial charge is 0.0737 e. The molecule has 2 aliphatic heterocycles. The molecule has 0 radical (unpaired) electrons. The minimum Gasteiger partial charge on any atom is -0.355 e. The summed E-state index contributed by atoms with van der Waals surface area (Å²) in [5.41, 5.74) is 16.6. The second kappa shape index (κ2) is 10.5. The molecule has 0 aliphatic carbocycles. The predicted octanol–water partition coefficient (Wildman–Crippen LogP) is 10.3. The average Bonchev–Trinajstić information content (AvgIpc) is 3.87. The molecule has 3 aromatic carbocycles. The van der Waals surface area contributed by atoms with Crippen LogP contribution in [0.25, 0.3) is 79.8 Å². The van der Waals surface area contributed by atoms with Gasteiger partial charge in [0, 0.05) is 38.8 Å². The van der Waals surface area contributed by atoms with Crippen LogP contribution in [0.5, 0.6) is 0 Å². The number of hydrogen-bond donors (Lipinski definition) is 2. The van der Waals surface area contributed by atoms with Crippen molar-refractivity contribution in [2.45, 2.75) is 13.8 Å². The lowest BCUT2D eigenvalue weighted by molar-refractivity contribution is 1.31. The minimum absolute atomic E-state index is 0.902. The summed E-state index contributed by atoms with van der Waals surface area (Å²) in [7, 11) is 0. The number of aryl methyl sites for hydroxylation is 2. The van der Waals surface area contributed by atoms with Crippen LogP contribution in [-0.4, -0.2) is 19.9 Å². The molecule has 4 heteroatoms. The molecule has 5 heterocycles. The van der Waals surface area contributed by atoms with Crippen molar-refractivity contribution in [3.05, 3.63) is 143 Å². The zero-order valence-electron chi connectivity index (χ0n) is 24.6. The van der Waals surface area contributed by atoms with Crippen molar-refractivity contribution >= 4 is 46.4 Å². The van der Waals surface area contributed by atoms with Crippen molar-refractivity contribution in [1.82, 2.24) is 19.9 Å². The summed E-state index contributed by atoms with van der Waals surface area (Å²) in [6.45, 7) is 4.23. The summed E-state index contributed by atoms with van der Waals surface area (Å²) in [6.07, 6.45) is 8.46. The van der Waals surface area contributed by atoms with Crippen LogP contribution in [0.15, 0.2) is 109 Å². The third-order valence-electron chi connectivity index (χ3n) is 8.32. The maximum atomic E-state index is 5.30. The Bertz CT molecular complexity index is 2220. The molecule has 44 heavy (non-hydrogen) atoms. The fourth-order valence-electron chi connectivity index (χ4n) is 6.10. The molecule has 2 aliphatic rings. The summed E-state index contributed by atoms with van der Waals surface area (Å²) in [6, 6.07) is 38.5. The van der Waals surface area contributed by atoms with Crippen LogP contribution in [0.4, 0.5) is 0 Å². The van der Waals surface area contributed by atoms with E-state index >= 15 is 0 Å². The molecule has 3 aromatic heterocycles. The second-order valence-corrected chi connectivity index (χ2v) is 11.5. The molecular formula is C40H30N4. The van der Waals surface area contributed by atoms with Gasteiger partial charge in [0.15, 0.2) is 0 Å². The van der Waals surface area contributed by atoms with E-state index < -0.39 is 0 Å². The maximum Gasteiger partial charge on any atom is 0.0737 e. The highest BCUT2D eigenvalue weighted by molar-refractivity contribution is 5.97. The Morgan fingerprint density at radius 1 is 0.432 bits per heavy atom. The van der Waals surface area contributed by atoms with Crippen LogP contribution in [0.1, 0.15) is 33.9 Å². The number of rotatable bonds is 3. The highest BCUT2D eigenvalue weighted by Gasteiger charge is 2.16. The van der Waals surface area contributed by atoms with Crippen molar-refractivity contribution in [3.8, 4) is 33.4 Å². The molecule has 210 valence electrons. The lowest BCUT2D eigenvalue weighted by Gasteiger charge is -2.06. The topological polar surface area (TPSA) is 57.4 Å². The molecule has 0 saturated heterocycles. The summed E-state index contributed by atoms with van der Waals surface area (Å²) < 4.78 is 0. The molecule has 6 aromatic rings. The number of aromatic nitrogens is 4. The first-order valence-electron chi connectivity index (χ1n) is 14.9. The van der Waals surface area contributed by atoms with E-state index in [1.807, 2.05) is 0 Å². The standard InChI is InChI=1S/C40H30N4/c1-25-8-12-28(13-9-25)39-32-18-16-30(41-32)24-31-17-19-33(42-31)40(29-14-10-26(2)11-15-29)37-23-21-35(44-37)38(27-6-4-3-5-7-27)34-20-22-36(39)43-34/h3-24,41,44H,1-2H3. The van der Waals surface area contributed by atoms with Crippen LogP contribution in [0, 0.1) is 13.8 Å². The lowest BCUT2D eigenvalue weighted by atomic mass is 10.0. The van der Waals surface area contributed by atoms with Gasteiger partial charge < -0.3 is 9.97 Å². The molecule has 8 bridgehead atoms. The van der Waals surface area contributed by atoms with Crippen molar-refractivity contribution in [2.24, 2.45) is 0 Å². The van der Waals surface area contributed by atoms with Crippen molar-refractivity contribution < 1.29 is 0 Å². The Labute approximate surface area is 256 Å². The highest BCUT2D eigenvalue weighted by atomic mass is 14.8. The normalized spacial score (nSPS) is 12.1. The largest absolute Gasteiger partial charge is 0.355 e. The molecule has 0 saturated carbocycles. The molecule has 0 fully saturated rings. The van der Waals surface area contributed by atoms with Gasteiger partial charge in [-0.25, -0.2) is 9.97 Å². The number of nitrogens with one attached hydrogen (secondary N) is 2. The predicted molar refractivity (Wildman–Crippen MR) is 185 cm³/mol. The number of aromatic amines is 2. The molecule has 8 rings (SSSR count). The Kier molecular flexibility index (Phi) is 6.20. The van der Waals surface area contributed by atoms with Crippen LogP contribution in [0.2, 0.25) is 0 Å². The third kappa shape index (κ3) is 4.67. The minimum atomic E-state index is 0.902. The van der Waals surface area contributed by atoms with Gasteiger partial charge in [-0.3, -0.25) is 0 Å². The van der Waals surface area contributed by atoms with E-state index in [1.54, 1.807) is 0 Å². The van der Waals surface area contributed by atoms with Crippen LogP contribution in [-0.2, 0) is 0 Å². The maximum absolute atomic E-state index is 5.30. The molecular weight excluding hydrogens is 536 g/mol. The molecule has 4 nitrogen and oxygen atoms in total. The Morgan fingerprint density at radius 3 is 1.50 bits per heavy atom. The first-order valence-corrected chi connectivity index (χ1v) is 14.9. The zero-order chi connectivity index (χ0) is 29.6. The first kappa shape index (κ1) is 25.9. The molecule has 0 amide bonds. The van der Waals surface area contributed by atoms with Crippen LogP contribution >= 0.6 is 0 Å². The van der Waals surface area contributed by atoms with E-state index in [4.69, 9.17) is 9.97 Å². The number of H-pyrrole nitrogens is 2. The summed E-state index contributed by atoms with van der Waals surface area (Å²) in [5, 5.41) is 0. The Balaban J connectivity index is 1.53. The molecule has 2 N–H and O–H groups in total. The monoisotopic (exact) mass is 566 g/mol. The van der Waals surface area contributed by atoms with Crippen LogP contribution in [0.3, 0.4) is 0 Å². The highest BCUT2D eigenvalue weighted by Crippen LogP contribution is 2.36. The average molecular weight is 567 g/mol. The molecule has 0 atom stereocenters. The van der Waals surface area contributed by atoms with Gasteiger partial charge >= 0.3 is 0 Å². The Morgan fingerprint density at radius 2 is 0.909 bits per heavy atom. The van der Waals surface area contributed by atoms with Crippen molar-refractivity contribution in [3.63, 3.8) is 0 Å². The second-order valence-electron chi connectivity index (χ2n) is 11.5. The van der Waals surface area contributed by atoms with Crippen molar-refractivity contribution in [1.29, 1.82) is 0 Å². The van der Waals surface area contributed by atoms with Gasteiger partial charge in [-0.15, -0.1) is 0 Å². The van der Waals surface area contributed by atoms with E-state index in [1.165, 1.54) is 11.1 Å². The van der Waals surface area contributed by atoms with E-state index in [0.717, 1.165) is 78.2 Å². The van der Waals surface area contributed by atoms with Gasteiger partial charge in [0.25, 0.3) is 0 Å². The van der Waals surface area contributed by atoms with E-state index in [9.17, 15) is 0 Å². The molecule has 0 unspecified atom stereocenters. The van der Waals surface area contributed by atoms with Gasteiger partial charge in [-0.1, -0.05) is 90.0 Å². The van der Waals surface area contributed by atoms with E-state index in [-0.39, 0.29) is 0 Å². The quantitative estimate of drug-likeness (QED) is 0.223. The third-order valence-corrected chi connectivity index (χ3v) is 8.32. The summed E-state index contributed by atoms with van der Waals surface area (Å²) in [4.78, 5) is 17.8. The van der Waals surface area contributed by atoms with Crippen molar-refractivity contribution in [2.75, 3.05) is 0 Å². The molecule has 0 spiro atoms. The summed E-state index contributed by atoms with van der Waals surface area (Å²) >= 11 is 0. The van der Waals surface area contributed by atoms with Gasteiger partial charge in [0.2, 0.25) is 0 Å². The first-order chi connectivity index (χ1) is 21.6. The van der Waals surface area contributed by atoms with Crippen LogP contribution < -0.4 is 0 Å². The Hall–Kier alpha value is -5.74. The number of nitrogens with zero attached hydrogens (tertiary/aromatic N) is 2. The van der Waals surface area contributed by atoms with Gasteiger partial charge in [-0.2, -0.15) is 0 Å². The number of benzene rings is 3. The number of hydrogen-bond acceptors (Lipinski definition) is 2. The van der Waals surface area contributed by atoms with Gasteiger partial charge in [0.1, 0.15) is 0 Å². The fraction of sp³-hybridized carbons (Fsp3) is 0.0500. The zero-order valence-corrected chi connectivity index (χ0v) is 24.6. The van der Waals surface area contributed by atoms with E-state index in [2.05, 4.69) is 157 Å². The fourth-order valence-corrected chi connectivity index (χ4v) is 6.10.